The zero-order valence-corrected chi connectivity index (χ0v) is 15.0. The highest BCUT2D eigenvalue weighted by molar-refractivity contribution is 5.88. The molecule has 0 fully saturated rings. The molecule has 25 heavy (non-hydrogen) atoms. The van der Waals surface area contributed by atoms with Gasteiger partial charge in [-0.25, -0.2) is 4.79 Å². The number of aromatic carboxylic acids is 1. The second-order valence-electron chi connectivity index (χ2n) is 6.61. The second kappa shape index (κ2) is 7.92. The molecule has 0 spiro atoms. The number of ether oxygens (including phenoxy) is 3. The van der Waals surface area contributed by atoms with Crippen LogP contribution in [0, 0.1) is 0 Å². The fourth-order valence-corrected chi connectivity index (χ4v) is 2.44. The summed E-state index contributed by atoms with van der Waals surface area (Å²) in [6.07, 6.45) is 0. The lowest BCUT2D eigenvalue weighted by molar-refractivity contribution is 0.0696. The molecule has 134 valence electrons. The highest BCUT2D eigenvalue weighted by Crippen LogP contribution is 2.31. The first kappa shape index (κ1) is 18.6. The molecule has 0 bridgehead atoms. The van der Waals surface area contributed by atoms with Gasteiger partial charge in [-0.1, -0.05) is 39.0 Å². The van der Waals surface area contributed by atoms with Gasteiger partial charge in [-0.05, 0) is 35.2 Å². The van der Waals surface area contributed by atoms with E-state index in [1.54, 1.807) is 6.07 Å². The van der Waals surface area contributed by atoms with E-state index in [1.807, 2.05) is 18.2 Å². The van der Waals surface area contributed by atoms with Gasteiger partial charge in [0.05, 0.1) is 12.7 Å². The van der Waals surface area contributed by atoms with Crippen molar-refractivity contribution in [2.45, 2.75) is 26.2 Å². The first-order chi connectivity index (χ1) is 11.8. The van der Waals surface area contributed by atoms with Crippen molar-refractivity contribution in [1.82, 2.24) is 0 Å². The van der Waals surface area contributed by atoms with Gasteiger partial charge >= 0.3 is 5.97 Å². The lowest BCUT2D eigenvalue weighted by Crippen LogP contribution is -2.16. The van der Waals surface area contributed by atoms with Crippen LogP contribution in [-0.4, -0.2) is 31.4 Å². The van der Waals surface area contributed by atoms with Gasteiger partial charge in [-0.2, -0.15) is 0 Å². The number of hydrogen-bond donors (Lipinski definition) is 1. The Bertz CT molecular complexity index is 731. The van der Waals surface area contributed by atoms with Crippen LogP contribution in [0.1, 0.15) is 36.7 Å². The normalized spacial score (nSPS) is 11.0. The molecule has 0 saturated heterocycles. The maximum absolute atomic E-state index is 11.0. The molecule has 2 aromatic rings. The van der Waals surface area contributed by atoms with E-state index in [0.717, 1.165) is 11.3 Å². The molecule has 0 aliphatic carbocycles. The molecule has 2 rings (SSSR count). The smallest absolute Gasteiger partial charge is 0.335 e. The van der Waals surface area contributed by atoms with E-state index in [1.165, 1.54) is 19.2 Å². The standard InChI is InChI=1S/C20H24O5/c1-20(2,3)15-7-5-6-8-16(15)24-11-12-25-17-10-9-14(19(21)22)13-18(17)23-4/h5-10,13H,11-12H2,1-4H3,(H,21,22). The maximum atomic E-state index is 11.0. The summed E-state index contributed by atoms with van der Waals surface area (Å²) >= 11 is 0. The van der Waals surface area contributed by atoms with Crippen LogP contribution < -0.4 is 14.2 Å². The number of hydrogen-bond acceptors (Lipinski definition) is 4. The number of methoxy groups -OCH3 is 1. The lowest BCUT2D eigenvalue weighted by atomic mass is 9.86. The number of para-hydroxylation sites is 1. The molecule has 5 heteroatoms. The van der Waals surface area contributed by atoms with E-state index in [2.05, 4.69) is 26.8 Å². The van der Waals surface area contributed by atoms with Gasteiger partial charge in [-0.3, -0.25) is 0 Å². The first-order valence-corrected chi connectivity index (χ1v) is 8.09. The monoisotopic (exact) mass is 344 g/mol. The van der Waals surface area contributed by atoms with Crippen molar-refractivity contribution in [2.24, 2.45) is 0 Å². The minimum atomic E-state index is -1.01. The Hall–Kier alpha value is -2.69. The Labute approximate surface area is 148 Å². The first-order valence-electron chi connectivity index (χ1n) is 8.09. The van der Waals surface area contributed by atoms with Crippen molar-refractivity contribution in [1.29, 1.82) is 0 Å². The molecular weight excluding hydrogens is 320 g/mol. The number of rotatable bonds is 7. The number of carboxylic acids is 1. The molecule has 0 unspecified atom stereocenters. The summed E-state index contributed by atoms with van der Waals surface area (Å²) in [6.45, 7) is 7.11. The van der Waals surface area contributed by atoms with Gasteiger partial charge in [0, 0.05) is 0 Å². The number of carbonyl (C=O) groups is 1. The molecule has 0 atom stereocenters. The van der Waals surface area contributed by atoms with Crippen molar-refractivity contribution in [3.8, 4) is 17.2 Å². The van der Waals surface area contributed by atoms with Crippen LogP contribution in [0.15, 0.2) is 42.5 Å². The van der Waals surface area contributed by atoms with Crippen molar-refractivity contribution in [3.05, 3.63) is 53.6 Å². The highest BCUT2D eigenvalue weighted by Gasteiger charge is 2.18. The molecule has 0 heterocycles. The van der Waals surface area contributed by atoms with Crippen LogP contribution in [0.25, 0.3) is 0 Å². The fraction of sp³-hybridized carbons (Fsp3) is 0.350. The minimum Gasteiger partial charge on any atom is -0.493 e. The quantitative estimate of drug-likeness (QED) is 0.765. The lowest BCUT2D eigenvalue weighted by Gasteiger charge is -2.22. The Morgan fingerprint density at radius 3 is 2.20 bits per heavy atom. The van der Waals surface area contributed by atoms with E-state index in [-0.39, 0.29) is 11.0 Å². The van der Waals surface area contributed by atoms with Gasteiger partial charge in [0.1, 0.15) is 19.0 Å². The van der Waals surface area contributed by atoms with E-state index < -0.39 is 5.97 Å². The van der Waals surface area contributed by atoms with Crippen LogP contribution in [0.3, 0.4) is 0 Å². The topological polar surface area (TPSA) is 65.0 Å². The Morgan fingerprint density at radius 2 is 1.60 bits per heavy atom. The molecule has 0 radical (unpaired) electrons. The van der Waals surface area contributed by atoms with Gasteiger partial charge in [0.2, 0.25) is 0 Å². The van der Waals surface area contributed by atoms with Gasteiger partial charge in [0.25, 0.3) is 0 Å². The average molecular weight is 344 g/mol. The van der Waals surface area contributed by atoms with Crippen LogP contribution in [0.4, 0.5) is 0 Å². The number of benzene rings is 2. The summed E-state index contributed by atoms with van der Waals surface area (Å²) in [4.78, 5) is 11.0. The zero-order chi connectivity index (χ0) is 18.4. The van der Waals surface area contributed by atoms with Crippen molar-refractivity contribution in [3.63, 3.8) is 0 Å². The van der Waals surface area contributed by atoms with Crippen LogP contribution in [0.5, 0.6) is 17.2 Å². The summed E-state index contributed by atoms with van der Waals surface area (Å²) in [5, 5.41) is 9.01. The molecule has 1 N–H and O–H groups in total. The molecule has 0 aliphatic rings. The Morgan fingerprint density at radius 1 is 0.960 bits per heavy atom. The van der Waals surface area contributed by atoms with Gasteiger partial charge in [-0.15, -0.1) is 0 Å². The predicted molar refractivity (Wildman–Crippen MR) is 96.1 cm³/mol. The largest absolute Gasteiger partial charge is 0.493 e. The average Bonchev–Trinajstić information content (AvgIpc) is 2.58. The molecule has 0 amide bonds. The minimum absolute atomic E-state index is 0.00661. The van der Waals surface area contributed by atoms with E-state index in [9.17, 15) is 4.79 Å². The van der Waals surface area contributed by atoms with Crippen molar-refractivity contribution >= 4 is 5.97 Å². The molecule has 2 aromatic carbocycles. The summed E-state index contributed by atoms with van der Waals surface area (Å²) < 4.78 is 16.7. The Kier molecular flexibility index (Phi) is 5.91. The third-order valence-electron chi connectivity index (χ3n) is 3.70. The number of carboxylic acid groups (broad SMARTS) is 1. The Balaban J connectivity index is 1.97. The molecule has 0 aromatic heterocycles. The third kappa shape index (κ3) is 4.89. The van der Waals surface area contributed by atoms with Gasteiger partial charge in [0.15, 0.2) is 11.5 Å². The maximum Gasteiger partial charge on any atom is 0.335 e. The van der Waals surface area contributed by atoms with Gasteiger partial charge < -0.3 is 19.3 Å². The summed E-state index contributed by atoms with van der Waals surface area (Å²) in [6, 6.07) is 12.5. The van der Waals surface area contributed by atoms with E-state index in [4.69, 9.17) is 19.3 Å². The van der Waals surface area contributed by atoms with Crippen LogP contribution in [-0.2, 0) is 5.41 Å². The fourth-order valence-electron chi connectivity index (χ4n) is 2.44. The van der Waals surface area contributed by atoms with Crippen LogP contribution >= 0.6 is 0 Å². The highest BCUT2D eigenvalue weighted by atomic mass is 16.5. The second-order valence-corrected chi connectivity index (χ2v) is 6.61. The third-order valence-corrected chi connectivity index (χ3v) is 3.70. The SMILES string of the molecule is COc1cc(C(=O)O)ccc1OCCOc1ccccc1C(C)(C)C. The zero-order valence-electron chi connectivity index (χ0n) is 15.0. The van der Waals surface area contributed by atoms with Crippen LogP contribution in [0.2, 0.25) is 0 Å². The van der Waals surface area contributed by atoms with E-state index in [0.29, 0.717) is 24.7 Å². The summed E-state index contributed by atoms with van der Waals surface area (Å²) in [7, 11) is 1.48. The summed E-state index contributed by atoms with van der Waals surface area (Å²) in [5.41, 5.74) is 1.28. The van der Waals surface area contributed by atoms with E-state index >= 15 is 0 Å². The summed E-state index contributed by atoms with van der Waals surface area (Å²) in [5.74, 6) is 0.703. The molecule has 0 aliphatic heterocycles. The molecular formula is C20H24O5. The molecule has 0 saturated carbocycles. The van der Waals surface area contributed by atoms with Crippen molar-refractivity contribution in [2.75, 3.05) is 20.3 Å². The molecule has 5 nitrogen and oxygen atoms in total. The predicted octanol–water partition coefficient (Wildman–Crippen LogP) is 4.15. The van der Waals surface area contributed by atoms with Crippen molar-refractivity contribution < 1.29 is 24.1 Å².